The number of aliphatic carboxylic acids is 3. The predicted molar refractivity (Wildman–Crippen MR) is 255 cm³/mol. The number of carbonyl (C=O) groups excluding carboxylic acids is 8. The Hall–Kier alpha value is -8.25. The van der Waals surface area contributed by atoms with Gasteiger partial charge >= 0.3 is 17.9 Å². The van der Waals surface area contributed by atoms with Crippen LogP contribution in [0.4, 0.5) is 0 Å². The lowest BCUT2D eigenvalue weighted by Gasteiger charge is -2.25. The molecule has 0 unspecified atom stereocenters. The lowest BCUT2D eigenvalue weighted by atomic mass is 10.0. The Kier molecular flexibility index (Phi) is 24.0. The summed E-state index contributed by atoms with van der Waals surface area (Å²) in [5, 5.41) is 57.1. The van der Waals surface area contributed by atoms with E-state index in [4.69, 9.17) is 10.8 Å². The van der Waals surface area contributed by atoms with Crippen LogP contribution in [0.2, 0.25) is 0 Å². The van der Waals surface area contributed by atoms with Crippen molar-refractivity contribution in [3.05, 3.63) is 108 Å². The minimum atomic E-state index is -1.63. The molecule has 388 valence electrons. The standard InChI is InChI=1S/C48H61N9O15/c1-27(51-38(59)25-50-44(67)34(22-29-12-6-3-7-13-29)55-45(68)33(19-21-40(62)63)53-43(66)32(49)18-20-39(60)61)41(64)52-28(2)42(65)54-35(23-30-14-8-4-9-15-30)46(69)57-37(26-58)47(70)56-36(48(71)72)24-31-16-10-5-11-17-31/h3-17,27-28,32-37,58H,18-26,49H2,1-2H3,(H,50,67)(H,51,59)(H,52,64)(H,53,66)(H,54,65)(H,55,68)(H,56,70)(H,57,69)(H,60,61)(H,62,63)(H,71,72)/t27-,28-,32-,33-,34-,35-,36-,37-/m0/s1. The molecule has 0 aromatic heterocycles. The predicted octanol–water partition coefficient (Wildman–Crippen LogP) is -2.60. The van der Waals surface area contributed by atoms with E-state index >= 15 is 0 Å². The van der Waals surface area contributed by atoms with Crippen molar-refractivity contribution in [2.75, 3.05) is 13.2 Å². The summed E-state index contributed by atoms with van der Waals surface area (Å²) in [5.41, 5.74) is 7.51. The van der Waals surface area contributed by atoms with Gasteiger partial charge in [-0.15, -0.1) is 0 Å². The molecule has 0 radical (unpaired) electrons. The van der Waals surface area contributed by atoms with Gasteiger partial charge in [0.2, 0.25) is 47.3 Å². The monoisotopic (exact) mass is 1000 g/mol. The third kappa shape index (κ3) is 20.8. The van der Waals surface area contributed by atoms with Crippen LogP contribution >= 0.6 is 0 Å². The Morgan fingerprint density at radius 1 is 0.444 bits per heavy atom. The maximum atomic E-state index is 13.6. The third-order valence-electron chi connectivity index (χ3n) is 10.8. The molecule has 72 heavy (non-hydrogen) atoms. The summed E-state index contributed by atoms with van der Waals surface area (Å²) in [5.74, 6) is -11.2. The molecule has 0 bridgehead atoms. The highest BCUT2D eigenvalue weighted by Gasteiger charge is 2.32. The number of amides is 8. The zero-order valence-electron chi connectivity index (χ0n) is 39.5. The van der Waals surface area contributed by atoms with Gasteiger partial charge in [0.25, 0.3) is 0 Å². The summed E-state index contributed by atoms with van der Waals surface area (Å²) in [7, 11) is 0. The summed E-state index contributed by atoms with van der Waals surface area (Å²) in [4.78, 5) is 140. The fraction of sp³-hybridized carbons (Fsp3) is 0.396. The molecule has 8 amide bonds. The molecular formula is C48H61N9O15. The summed E-state index contributed by atoms with van der Waals surface area (Å²) in [6.07, 6.45) is -2.10. The number of aliphatic hydroxyl groups is 1. The van der Waals surface area contributed by atoms with Crippen molar-refractivity contribution in [3.63, 3.8) is 0 Å². The number of carbonyl (C=O) groups is 11. The number of hydrogen-bond donors (Lipinski definition) is 13. The molecule has 14 N–H and O–H groups in total. The van der Waals surface area contributed by atoms with Crippen molar-refractivity contribution in [1.82, 2.24) is 42.5 Å². The second kappa shape index (κ2) is 29.7. The van der Waals surface area contributed by atoms with Crippen LogP contribution in [0.25, 0.3) is 0 Å². The molecule has 3 rings (SSSR count). The largest absolute Gasteiger partial charge is 0.481 e. The van der Waals surface area contributed by atoms with Gasteiger partial charge in [-0.1, -0.05) is 91.0 Å². The molecule has 0 aliphatic rings. The van der Waals surface area contributed by atoms with Crippen molar-refractivity contribution in [2.24, 2.45) is 5.73 Å². The Balaban J connectivity index is 1.64. The topological polar surface area (TPSA) is 391 Å². The molecule has 3 aromatic rings. The van der Waals surface area contributed by atoms with Gasteiger partial charge in [-0.25, -0.2) is 4.79 Å². The number of hydrogen-bond acceptors (Lipinski definition) is 13. The SMILES string of the molecule is C[C@H](NC(=O)CNC(=O)[C@H](Cc1ccccc1)NC(=O)[C@H](CCC(=O)O)NC(=O)[C@@H](N)CCC(=O)O)C(=O)N[C@@H](C)C(=O)N[C@@H](Cc1ccccc1)C(=O)N[C@@H](CO)C(=O)N[C@@H](Cc1ccccc1)C(=O)O. The summed E-state index contributed by atoms with van der Waals surface area (Å²) >= 11 is 0. The smallest absolute Gasteiger partial charge is 0.326 e. The maximum Gasteiger partial charge on any atom is 0.326 e. The number of rotatable bonds is 30. The fourth-order valence-electron chi connectivity index (χ4n) is 6.75. The number of carboxylic acid groups (broad SMARTS) is 3. The Bertz CT molecular complexity index is 2360. The van der Waals surface area contributed by atoms with Crippen molar-refractivity contribution in [2.45, 2.75) is 107 Å². The van der Waals surface area contributed by atoms with Crippen LogP contribution in [0, 0.1) is 0 Å². The van der Waals surface area contributed by atoms with Crippen LogP contribution in [-0.2, 0) is 72.0 Å². The van der Waals surface area contributed by atoms with Crippen molar-refractivity contribution < 1.29 is 73.2 Å². The van der Waals surface area contributed by atoms with Crippen LogP contribution < -0.4 is 48.3 Å². The van der Waals surface area contributed by atoms with Gasteiger partial charge < -0.3 is 68.7 Å². The number of aliphatic hydroxyl groups excluding tert-OH is 1. The number of benzene rings is 3. The molecule has 8 atom stereocenters. The maximum absolute atomic E-state index is 13.6. The third-order valence-corrected chi connectivity index (χ3v) is 10.8. The first-order valence-corrected chi connectivity index (χ1v) is 22.7. The quantitative estimate of drug-likeness (QED) is 0.0326. The normalized spacial score (nSPS) is 14.1. The Morgan fingerprint density at radius 2 is 0.819 bits per heavy atom. The van der Waals surface area contributed by atoms with Crippen molar-refractivity contribution >= 4 is 65.2 Å². The van der Waals surface area contributed by atoms with E-state index in [2.05, 4.69) is 42.5 Å². The van der Waals surface area contributed by atoms with Crippen LogP contribution in [0.1, 0.15) is 56.2 Å². The highest BCUT2D eigenvalue weighted by atomic mass is 16.4. The number of nitrogens with one attached hydrogen (secondary N) is 8. The molecule has 3 aromatic carbocycles. The average molecular weight is 1000 g/mol. The summed E-state index contributed by atoms with van der Waals surface area (Å²) in [6.45, 7) is 0.907. The average Bonchev–Trinajstić information content (AvgIpc) is 3.35. The van der Waals surface area contributed by atoms with Crippen molar-refractivity contribution in [3.8, 4) is 0 Å². The Morgan fingerprint density at radius 3 is 1.31 bits per heavy atom. The van der Waals surface area contributed by atoms with Crippen molar-refractivity contribution in [1.29, 1.82) is 0 Å². The second-order valence-electron chi connectivity index (χ2n) is 16.6. The molecular weight excluding hydrogens is 943 g/mol. The van der Waals surface area contributed by atoms with Gasteiger partial charge in [0.05, 0.1) is 19.2 Å². The van der Waals surface area contributed by atoms with E-state index in [1.807, 2.05) is 0 Å². The van der Waals surface area contributed by atoms with Crippen LogP contribution in [0.3, 0.4) is 0 Å². The van der Waals surface area contributed by atoms with Gasteiger partial charge in [-0.05, 0) is 43.4 Å². The van der Waals surface area contributed by atoms with E-state index in [0.717, 1.165) is 0 Å². The van der Waals surface area contributed by atoms with E-state index in [0.29, 0.717) is 16.7 Å². The number of nitrogens with two attached hydrogens (primary N) is 1. The highest BCUT2D eigenvalue weighted by molar-refractivity contribution is 5.97. The van der Waals surface area contributed by atoms with Crippen LogP contribution in [0.5, 0.6) is 0 Å². The first-order valence-electron chi connectivity index (χ1n) is 22.7. The van der Waals surface area contributed by atoms with E-state index < -0.39 is 146 Å². The molecule has 0 fully saturated rings. The van der Waals surface area contributed by atoms with Gasteiger partial charge in [-0.3, -0.25) is 47.9 Å². The van der Waals surface area contributed by atoms with Gasteiger partial charge in [0, 0.05) is 32.1 Å². The van der Waals surface area contributed by atoms with Gasteiger partial charge in [-0.2, -0.15) is 0 Å². The molecule has 24 heteroatoms. The van der Waals surface area contributed by atoms with Gasteiger partial charge in [0.1, 0.15) is 42.3 Å². The molecule has 24 nitrogen and oxygen atoms in total. The summed E-state index contributed by atoms with van der Waals surface area (Å²) in [6, 6.07) is 13.8. The lowest BCUT2D eigenvalue weighted by Crippen LogP contribution is -2.59. The summed E-state index contributed by atoms with van der Waals surface area (Å²) < 4.78 is 0. The molecule has 0 saturated carbocycles. The first kappa shape index (κ1) is 58.1. The van der Waals surface area contributed by atoms with E-state index in [1.54, 1.807) is 91.0 Å². The minimum Gasteiger partial charge on any atom is -0.481 e. The molecule has 0 saturated heterocycles. The molecule has 0 spiro atoms. The highest BCUT2D eigenvalue weighted by Crippen LogP contribution is 2.09. The number of carboxylic acids is 3. The van der Waals surface area contributed by atoms with E-state index in [-0.39, 0.29) is 25.7 Å². The Labute approximate surface area is 413 Å². The minimum absolute atomic E-state index is 0.0942. The lowest BCUT2D eigenvalue weighted by molar-refractivity contribution is -0.142. The van der Waals surface area contributed by atoms with Crippen LogP contribution in [-0.4, -0.2) is 147 Å². The zero-order chi connectivity index (χ0) is 53.3. The van der Waals surface area contributed by atoms with Gasteiger partial charge in [0.15, 0.2) is 0 Å². The second-order valence-corrected chi connectivity index (χ2v) is 16.6. The first-order chi connectivity index (χ1) is 34.2. The molecule has 0 aliphatic carbocycles. The van der Waals surface area contributed by atoms with E-state index in [9.17, 15) is 68.1 Å². The molecule has 0 aliphatic heterocycles. The fourth-order valence-corrected chi connectivity index (χ4v) is 6.75. The molecule has 0 heterocycles. The zero-order valence-corrected chi connectivity index (χ0v) is 39.5. The van der Waals surface area contributed by atoms with E-state index in [1.165, 1.54) is 13.8 Å². The van der Waals surface area contributed by atoms with Crippen LogP contribution in [0.15, 0.2) is 91.0 Å².